The van der Waals surface area contributed by atoms with E-state index < -0.39 is 9.71 Å². The van der Waals surface area contributed by atoms with Gasteiger partial charge in [-0.2, -0.15) is 0 Å². The van der Waals surface area contributed by atoms with Crippen LogP contribution in [0, 0.1) is 0 Å². The Morgan fingerprint density at radius 3 is 2.56 bits per heavy atom. The minimum absolute atomic E-state index is 0.449. The van der Waals surface area contributed by atoms with Crippen molar-refractivity contribution in [3.05, 3.63) is 53.1 Å². The van der Waals surface area contributed by atoms with Crippen LogP contribution in [-0.4, -0.2) is 9.71 Å². The number of halogens is 4. The van der Waals surface area contributed by atoms with E-state index in [9.17, 15) is 0 Å². The molecule has 16 heavy (non-hydrogen) atoms. The Kier molecular flexibility index (Phi) is 3.56. The highest BCUT2D eigenvalue weighted by Crippen LogP contribution is 2.38. The molecule has 1 unspecified atom stereocenters. The predicted molar refractivity (Wildman–Crippen MR) is 72.6 cm³/mol. The Morgan fingerprint density at radius 2 is 1.94 bits per heavy atom. The van der Waals surface area contributed by atoms with Crippen LogP contribution in [0.4, 0.5) is 0 Å². The largest absolute Gasteiger partial charge is 0.156 e. The average Bonchev–Trinajstić information content (AvgIpc) is 2.22. The molecule has 0 spiro atoms. The van der Waals surface area contributed by atoms with E-state index >= 15 is 0 Å². The van der Waals surface area contributed by atoms with Gasteiger partial charge in [0, 0.05) is 5.02 Å². The molecule has 0 radical (unpaired) electrons. The third-order valence-electron chi connectivity index (χ3n) is 2.34. The van der Waals surface area contributed by atoms with Gasteiger partial charge in [0.25, 0.3) is 0 Å². The molecule has 0 amide bonds. The lowest BCUT2D eigenvalue weighted by atomic mass is 9.99. The van der Waals surface area contributed by atoms with E-state index in [1.54, 1.807) is 6.08 Å². The molecule has 0 nitrogen and oxygen atoms in total. The SMILES string of the molecule is Clc1cccc(C2=CC(Cl)C(Cl)(Cl)C=C2)c1. The summed E-state index contributed by atoms with van der Waals surface area (Å²) in [5, 5.41) is 0.237. The van der Waals surface area contributed by atoms with Crippen LogP contribution in [0.2, 0.25) is 5.02 Å². The molecule has 0 saturated heterocycles. The van der Waals surface area contributed by atoms with Gasteiger partial charge in [0.1, 0.15) is 0 Å². The second-order valence-electron chi connectivity index (χ2n) is 3.54. The summed E-state index contributed by atoms with van der Waals surface area (Å²) in [6.07, 6.45) is 5.36. The summed E-state index contributed by atoms with van der Waals surface area (Å²) in [5.41, 5.74) is 1.97. The van der Waals surface area contributed by atoms with Gasteiger partial charge in [0.05, 0.1) is 5.38 Å². The Hall–Kier alpha value is -0.140. The van der Waals surface area contributed by atoms with Crippen molar-refractivity contribution in [3.8, 4) is 0 Å². The van der Waals surface area contributed by atoms with Crippen LogP contribution in [0.3, 0.4) is 0 Å². The molecule has 0 bridgehead atoms. The van der Waals surface area contributed by atoms with Gasteiger partial charge in [0.2, 0.25) is 0 Å². The molecule has 0 aromatic heterocycles. The van der Waals surface area contributed by atoms with Gasteiger partial charge >= 0.3 is 0 Å². The van der Waals surface area contributed by atoms with E-state index in [2.05, 4.69) is 0 Å². The van der Waals surface area contributed by atoms with Crippen molar-refractivity contribution in [2.45, 2.75) is 9.71 Å². The molecule has 1 aliphatic carbocycles. The summed E-state index contributed by atoms with van der Waals surface area (Å²) >= 11 is 24.0. The number of alkyl halides is 3. The van der Waals surface area contributed by atoms with Crippen molar-refractivity contribution in [1.82, 2.24) is 0 Å². The molecule has 4 heteroatoms. The fourth-order valence-corrected chi connectivity index (χ4v) is 2.13. The van der Waals surface area contributed by atoms with Crippen molar-refractivity contribution >= 4 is 52.0 Å². The van der Waals surface area contributed by atoms with Gasteiger partial charge in [-0.15, -0.1) is 11.6 Å². The summed E-state index contributed by atoms with van der Waals surface area (Å²) < 4.78 is -1.04. The van der Waals surface area contributed by atoms with Crippen molar-refractivity contribution in [1.29, 1.82) is 0 Å². The van der Waals surface area contributed by atoms with Gasteiger partial charge in [-0.25, -0.2) is 0 Å². The summed E-state index contributed by atoms with van der Waals surface area (Å²) in [6, 6.07) is 7.54. The van der Waals surface area contributed by atoms with Crippen LogP contribution < -0.4 is 0 Å². The first-order chi connectivity index (χ1) is 7.49. The van der Waals surface area contributed by atoms with Gasteiger partial charge in [-0.1, -0.05) is 59.1 Å². The highest BCUT2D eigenvalue weighted by Gasteiger charge is 2.31. The zero-order chi connectivity index (χ0) is 11.8. The first-order valence-electron chi connectivity index (χ1n) is 4.68. The maximum atomic E-state index is 6.07. The van der Waals surface area contributed by atoms with Crippen LogP contribution >= 0.6 is 46.4 Å². The van der Waals surface area contributed by atoms with Gasteiger partial charge in [0.15, 0.2) is 4.33 Å². The van der Waals surface area contributed by atoms with Gasteiger partial charge < -0.3 is 0 Å². The van der Waals surface area contributed by atoms with Gasteiger partial charge in [-0.05, 0) is 29.3 Å². The third kappa shape index (κ3) is 2.57. The molecule has 0 saturated carbocycles. The zero-order valence-electron chi connectivity index (χ0n) is 8.13. The van der Waals surface area contributed by atoms with Crippen LogP contribution in [0.5, 0.6) is 0 Å². The van der Waals surface area contributed by atoms with Crippen molar-refractivity contribution in [3.63, 3.8) is 0 Å². The Labute approximate surface area is 114 Å². The highest BCUT2D eigenvalue weighted by atomic mass is 35.5. The highest BCUT2D eigenvalue weighted by molar-refractivity contribution is 6.54. The summed E-state index contributed by atoms with van der Waals surface area (Å²) in [6.45, 7) is 0. The van der Waals surface area contributed by atoms with E-state index in [0.717, 1.165) is 11.1 Å². The molecular formula is C12H8Cl4. The van der Waals surface area contributed by atoms with Gasteiger partial charge in [-0.3, -0.25) is 0 Å². The maximum Gasteiger partial charge on any atom is 0.156 e. The number of allylic oxidation sites excluding steroid dienone is 4. The lowest BCUT2D eigenvalue weighted by Gasteiger charge is -2.23. The van der Waals surface area contributed by atoms with Crippen molar-refractivity contribution < 1.29 is 0 Å². The Morgan fingerprint density at radius 1 is 1.19 bits per heavy atom. The average molecular weight is 294 g/mol. The fourth-order valence-electron chi connectivity index (χ4n) is 1.48. The van der Waals surface area contributed by atoms with Crippen LogP contribution in [0.15, 0.2) is 42.5 Å². The second kappa shape index (κ2) is 4.62. The molecule has 0 fully saturated rings. The zero-order valence-corrected chi connectivity index (χ0v) is 11.2. The Bertz CT molecular complexity index is 460. The summed E-state index contributed by atoms with van der Waals surface area (Å²) in [7, 11) is 0. The lowest BCUT2D eigenvalue weighted by molar-refractivity contribution is 0.973. The molecule has 1 atom stereocenters. The first-order valence-corrected chi connectivity index (χ1v) is 6.25. The number of hydrogen-bond donors (Lipinski definition) is 0. The minimum atomic E-state index is -1.04. The quantitative estimate of drug-likeness (QED) is 0.634. The predicted octanol–water partition coefficient (Wildman–Crippen LogP) is 5.07. The molecule has 2 rings (SSSR count). The standard InChI is InChI=1S/C12H8Cl4/c13-10-3-1-2-8(6-10)9-4-5-12(15,16)11(14)7-9/h1-7,11H. The topological polar surface area (TPSA) is 0 Å². The van der Waals surface area contributed by atoms with E-state index in [1.165, 1.54) is 0 Å². The molecule has 0 heterocycles. The number of benzene rings is 1. The minimum Gasteiger partial charge on any atom is -0.115 e. The summed E-state index contributed by atoms with van der Waals surface area (Å²) in [5.74, 6) is 0. The van der Waals surface area contributed by atoms with E-state index in [1.807, 2.05) is 36.4 Å². The van der Waals surface area contributed by atoms with Crippen LogP contribution in [0.25, 0.3) is 5.57 Å². The molecule has 0 N–H and O–H groups in total. The van der Waals surface area contributed by atoms with Crippen LogP contribution in [-0.2, 0) is 0 Å². The summed E-state index contributed by atoms with van der Waals surface area (Å²) in [4.78, 5) is 0. The molecule has 1 aromatic rings. The molecule has 1 aromatic carbocycles. The first kappa shape index (κ1) is 12.3. The van der Waals surface area contributed by atoms with E-state index in [4.69, 9.17) is 46.4 Å². The third-order valence-corrected chi connectivity index (χ3v) is 3.99. The van der Waals surface area contributed by atoms with Crippen molar-refractivity contribution in [2.75, 3.05) is 0 Å². The monoisotopic (exact) mass is 292 g/mol. The second-order valence-corrected chi connectivity index (χ2v) is 5.89. The van der Waals surface area contributed by atoms with Crippen LogP contribution in [0.1, 0.15) is 5.56 Å². The van der Waals surface area contributed by atoms with Crippen molar-refractivity contribution in [2.24, 2.45) is 0 Å². The van der Waals surface area contributed by atoms with E-state index in [0.29, 0.717) is 5.02 Å². The molecule has 84 valence electrons. The maximum absolute atomic E-state index is 6.07. The molecule has 1 aliphatic rings. The number of hydrogen-bond acceptors (Lipinski definition) is 0. The smallest absolute Gasteiger partial charge is 0.115 e. The molecular weight excluding hydrogens is 286 g/mol. The number of rotatable bonds is 1. The fraction of sp³-hybridized carbons (Fsp3) is 0.167. The Balaban J connectivity index is 2.35. The lowest BCUT2D eigenvalue weighted by Crippen LogP contribution is -2.24. The normalized spacial score (nSPS) is 23.0. The molecule has 0 aliphatic heterocycles. The van der Waals surface area contributed by atoms with E-state index in [-0.39, 0.29) is 0 Å².